The molecule has 0 amide bonds. The van der Waals surface area contributed by atoms with Crippen LogP contribution < -0.4 is 0 Å². The van der Waals surface area contributed by atoms with Crippen LogP contribution in [0.25, 0.3) is 0 Å². The normalized spacial score (nSPS) is 22.5. The SMILES string of the molecule is CCc1c(C2CO2)ccc2c1COC2=O. The highest BCUT2D eigenvalue weighted by Gasteiger charge is 2.31. The van der Waals surface area contributed by atoms with Gasteiger partial charge in [0, 0.05) is 5.56 Å². The molecule has 0 spiro atoms. The van der Waals surface area contributed by atoms with Crippen LogP contribution in [0.15, 0.2) is 12.1 Å². The molecule has 0 saturated carbocycles. The smallest absolute Gasteiger partial charge is 0.338 e. The molecule has 1 aromatic rings. The molecule has 0 aromatic heterocycles. The van der Waals surface area contributed by atoms with Crippen molar-refractivity contribution in [3.05, 3.63) is 34.4 Å². The van der Waals surface area contributed by atoms with Crippen LogP contribution >= 0.6 is 0 Å². The number of epoxide rings is 1. The molecule has 0 radical (unpaired) electrons. The Bertz CT molecular complexity index is 433. The summed E-state index contributed by atoms with van der Waals surface area (Å²) in [7, 11) is 0. The number of benzene rings is 1. The molecule has 15 heavy (non-hydrogen) atoms. The number of rotatable bonds is 2. The largest absolute Gasteiger partial charge is 0.457 e. The van der Waals surface area contributed by atoms with Crippen molar-refractivity contribution in [1.82, 2.24) is 0 Å². The maximum absolute atomic E-state index is 11.4. The van der Waals surface area contributed by atoms with Gasteiger partial charge in [-0.1, -0.05) is 13.0 Å². The van der Waals surface area contributed by atoms with E-state index in [1.54, 1.807) is 0 Å². The zero-order valence-corrected chi connectivity index (χ0v) is 8.58. The minimum Gasteiger partial charge on any atom is -0.457 e. The summed E-state index contributed by atoms with van der Waals surface area (Å²) in [6, 6.07) is 3.86. The molecule has 1 fully saturated rings. The molecule has 0 N–H and O–H groups in total. The van der Waals surface area contributed by atoms with Crippen LogP contribution in [0.5, 0.6) is 0 Å². The fourth-order valence-corrected chi connectivity index (χ4v) is 2.23. The van der Waals surface area contributed by atoms with Crippen LogP contribution in [-0.2, 0) is 22.5 Å². The van der Waals surface area contributed by atoms with Crippen molar-refractivity contribution in [2.75, 3.05) is 6.61 Å². The van der Waals surface area contributed by atoms with Gasteiger partial charge < -0.3 is 9.47 Å². The first kappa shape index (κ1) is 8.92. The van der Waals surface area contributed by atoms with Gasteiger partial charge in [-0.15, -0.1) is 0 Å². The van der Waals surface area contributed by atoms with E-state index >= 15 is 0 Å². The average molecular weight is 204 g/mol. The van der Waals surface area contributed by atoms with Gasteiger partial charge in [0.2, 0.25) is 0 Å². The summed E-state index contributed by atoms with van der Waals surface area (Å²) >= 11 is 0. The van der Waals surface area contributed by atoms with Gasteiger partial charge >= 0.3 is 5.97 Å². The number of carbonyl (C=O) groups is 1. The third-order valence-corrected chi connectivity index (χ3v) is 3.07. The standard InChI is InChI=1S/C12H12O3/c1-2-7-8(11-6-14-11)3-4-9-10(7)5-15-12(9)13/h3-4,11H,2,5-6H2,1H3. The van der Waals surface area contributed by atoms with Gasteiger partial charge in [-0.3, -0.25) is 0 Å². The number of hydrogen-bond acceptors (Lipinski definition) is 3. The van der Waals surface area contributed by atoms with Gasteiger partial charge in [-0.05, 0) is 23.6 Å². The lowest BCUT2D eigenvalue weighted by molar-refractivity contribution is 0.0535. The van der Waals surface area contributed by atoms with Crippen LogP contribution in [0.2, 0.25) is 0 Å². The van der Waals surface area contributed by atoms with E-state index in [1.165, 1.54) is 11.1 Å². The van der Waals surface area contributed by atoms with Gasteiger partial charge in [0.05, 0.1) is 12.2 Å². The lowest BCUT2D eigenvalue weighted by Gasteiger charge is -2.08. The molecule has 1 aromatic carbocycles. The third-order valence-electron chi connectivity index (χ3n) is 3.07. The predicted octanol–water partition coefficient (Wildman–Crippen LogP) is 1.99. The Morgan fingerprint density at radius 3 is 2.93 bits per heavy atom. The van der Waals surface area contributed by atoms with Crippen molar-refractivity contribution in [3.63, 3.8) is 0 Å². The van der Waals surface area contributed by atoms with Gasteiger partial charge in [0.15, 0.2) is 0 Å². The molecule has 3 nitrogen and oxygen atoms in total. The van der Waals surface area contributed by atoms with Crippen LogP contribution in [0.4, 0.5) is 0 Å². The first-order valence-electron chi connectivity index (χ1n) is 5.24. The van der Waals surface area contributed by atoms with Gasteiger partial charge in [0.1, 0.15) is 12.7 Å². The van der Waals surface area contributed by atoms with Crippen LogP contribution in [0.1, 0.15) is 40.1 Å². The minimum atomic E-state index is -0.192. The molecule has 78 valence electrons. The highest BCUT2D eigenvalue weighted by molar-refractivity contribution is 5.94. The predicted molar refractivity (Wildman–Crippen MR) is 53.6 cm³/mol. The van der Waals surface area contributed by atoms with E-state index in [4.69, 9.17) is 9.47 Å². The van der Waals surface area contributed by atoms with E-state index in [1.807, 2.05) is 12.1 Å². The monoisotopic (exact) mass is 204 g/mol. The minimum absolute atomic E-state index is 0.192. The van der Waals surface area contributed by atoms with Gasteiger partial charge in [-0.2, -0.15) is 0 Å². The molecule has 2 aliphatic heterocycles. The number of ether oxygens (including phenoxy) is 2. The molecule has 3 heteroatoms. The Labute approximate surface area is 88.0 Å². The van der Waals surface area contributed by atoms with Crippen molar-refractivity contribution >= 4 is 5.97 Å². The second-order valence-electron chi connectivity index (χ2n) is 3.91. The molecule has 3 rings (SSSR count). The Morgan fingerprint density at radius 1 is 1.47 bits per heavy atom. The number of hydrogen-bond donors (Lipinski definition) is 0. The highest BCUT2D eigenvalue weighted by Crippen LogP contribution is 2.36. The number of esters is 1. The van der Waals surface area contributed by atoms with Crippen molar-refractivity contribution in [2.45, 2.75) is 26.1 Å². The van der Waals surface area contributed by atoms with Crippen molar-refractivity contribution in [1.29, 1.82) is 0 Å². The summed E-state index contributed by atoms with van der Waals surface area (Å²) in [6.07, 6.45) is 1.18. The zero-order chi connectivity index (χ0) is 10.4. The van der Waals surface area contributed by atoms with Crippen LogP contribution in [0.3, 0.4) is 0 Å². The van der Waals surface area contributed by atoms with E-state index in [9.17, 15) is 4.79 Å². The van der Waals surface area contributed by atoms with Gasteiger partial charge in [-0.25, -0.2) is 4.79 Å². The quantitative estimate of drug-likeness (QED) is 0.546. The second-order valence-corrected chi connectivity index (χ2v) is 3.91. The van der Waals surface area contributed by atoms with Crippen molar-refractivity contribution in [3.8, 4) is 0 Å². The fourth-order valence-electron chi connectivity index (χ4n) is 2.23. The van der Waals surface area contributed by atoms with Crippen molar-refractivity contribution in [2.24, 2.45) is 0 Å². The zero-order valence-electron chi connectivity index (χ0n) is 8.58. The second kappa shape index (κ2) is 3.07. The lowest BCUT2D eigenvalue weighted by atomic mass is 9.94. The Hall–Kier alpha value is -1.35. The van der Waals surface area contributed by atoms with E-state index in [0.717, 1.165) is 24.2 Å². The van der Waals surface area contributed by atoms with E-state index < -0.39 is 0 Å². The maximum atomic E-state index is 11.4. The van der Waals surface area contributed by atoms with E-state index in [0.29, 0.717) is 6.61 Å². The van der Waals surface area contributed by atoms with Crippen LogP contribution in [-0.4, -0.2) is 12.6 Å². The summed E-state index contributed by atoms with van der Waals surface area (Å²) in [5, 5.41) is 0. The number of fused-ring (bicyclic) bond motifs is 1. The molecule has 2 heterocycles. The molecule has 0 aliphatic carbocycles. The fraction of sp³-hybridized carbons (Fsp3) is 0.417. The number of cyclic esters (lactones) is 1. The highest BCUT2D eigenvalue weighted by atomic mass is 16.6. The Balaban J connectivity index is 2.16. The molecular formula is C12H12O3. The van der Waals surface area contributed by atoms with Crippen molar-refractivity contribution < 1.29 is 14.3 Å². The summed E-state index contributed by atoms with van der Waals surface area (Å²) < 4.78 is 10.3. The molecule has 2 aliphatic rings. The molecule has 0 bridgehead atoms. The lowest BCUT2D eigenvalue weighted by Crippen LogP contribution is -1.99. The molecular weight excluding hydrogens is 192 g/mol. The van der Waals surface area contributed by atoms with E-state index in [-0.39, 0.29) is 12.1 Å². The topological polar surface area (TPSA) is 38.8 Å². The maximum Gasteiger partial charge on any atom is 0.338 e. The first-order chi connectivity index (χ1) is 7.31. The number of carbonyl (C=O) groups excluding carboxylic acids is 1. The van der Waals surface area contributed by atoms with Crippen LogP contribution in [0, 0.1) is 0 Å². The molecule has 1 unspecified atom stereocenters. The summed E-state index contributed by atoms with van der Waals surface area (Å²) in [4.78, 5) is 11.4. The Kier molecular flexibility index (Phi) is 1.83. The summed E-state index contributed by atoms with van der Waals surface area (Å²) in [6.45, 7) is 3.34. The summed E-state index contributed by atoms with van der Waals surface area (Å²) in [5.74, 6) is -0.192. The summed E-state index contributed by atoms with van der Waals surface area (Å²) in [5.41, 5.74) is 4.27. The van der Waals surface area contributed by atoms with Gasteiger partial charge in [0.25, 0.3) is 0 Å². The molecule has 1 saturated heterocycles. The first-order valence-corrected chi connectivity index (χ1v) is 5.24. The van der Waals surface area contributed by atoms with E-state index in [2.05, 4.69) is 6.92 Å². The average Bonchev–Trinajstić information content (AvgIpc) is 3.03. The third kappa shape index (κ3) is 1.27. The Morgan fingerprint density at radius 2 is 2.27 bits per heavy atom. The molecule has 1 atom stereocenters.